The van der Waals surface area contributed by atoms with E-state index in [0.29, 0.717) is 5.57 Å². The molecule has 0 fully saturated rings. The predicted octanol–water partition coefficient (Wildman–Crippen LogP) is 5.07. The number of hydrogen-bond donors (Lipinski definition) is 1. The molecular formula is C26H21NO2. The number of ketones is 1. The third-order valence-electron chi connectivity index (χ3n) is 5.03. The van der Waals surface area contributed by atoms with Gasteiger partial charge in [-0.05, 0) is 36.3 Å². The number of fused-ring (bicyclic) bond motifs is 1. The maximum Gasteiger partial charge on any atom is 0.185 e. The quantitative estimate of drug-likeness (QED) is 0.497. The van der Waals surface area contributed by atoms with Gasteiger partial charge in [-0.15, -0.1) is 0 Å². The van der Waals surface area contributed by atoms with Crippen molar-refractivity contribution in [2.45, 2.75) is 13.0 Å². The molecule has 0 spiro atoms. The van der Waals surface area contributed by atoms with Crippen LogP contribution in [-0.4, -0.2) is 18.1 Å². The molecular weight excluding hydrogens is 358 g/mol. The maximum absolute atomic E-state index is 13.3. The fourth-order valence-corrected chi connectivity index (χ4v) is 3.65. The van der Waals surface area contributed by atoms with E-state index in [9.17, 15) is 9.59 Å². The predicted molar refractivity (Wildman–Crippen MR) is 118 cm³/mol. The van der Waals surface area contributed by atoms with Crippen LogP contribution in [0.4, 0.5) is 5.69 Å². The van der Waals surface area contributed by atoms with Crippen molar-refractivity contribution in [1.29, 1.82) is 0 Å². The van der Waals surface area contributed by atoms with E-state index >= 15 is 0 Å². The van der Waals surface area contributed by atoms with Crippen LogP contribution in [0, 0.1) is 6.92 Å². The number of nitrogens with one attached hydrogen (secondary N) is 1. The molecule has 0 saturated carbocycles. The fraction of sp³-hybridized carbons (Fsp3) is 0.0769. The summed E-state index contributed by atoms with van der Waals surface area (Å²) in [6, 6.07) is 24.7. The highest BCUT2D eigenvalue weighted by molar-refractivity contribution is 6.18. The van der Waals surface area contributed by atoms with Crippen LogP contribution >= 0.6 is 0 Å². The number of aryl methyl sites for hydroxylation is 1. The minimum atomic E-state index is -0.701. The van der Waals surface area contributed by atoms with Crippen LogP contribution in [0.15, 0.2) is 90.5 Å². The Labute approximate surface area is 170 Å². The van der Waals surface area contributed by atoms with Crippen LogP contribution in [-0.2, 0) is 9.59 Å². The van der Waals surface area contributed by atoms with Crippen molar-refractivity contribution in [3.8, 4) is 0 Å². The Morgan fingerprint density at radius 3 is 2.31 bits per heavy atom. The van der Waals surface area contributed by atoms with Crippen LogP contribution in [0.2, 0.25) is 0 Å². The molecule has 1 N–H and O–H groups in total. The van der Waals surface area contributed by atoms with E-state index in [0.717, 1.165) is 39.8 Å². The maximum atomic E-state index is 13.3. The molecule has 0 saturated heterocycles. The third kappa shape index (κ3) is 3.81. The molecule has 142 valence electrons. The van der Waals surface area contributed by atoms with E-state index in [2.05, 4.69) is 11.4 Å². The molecule has 1 atom stereocenters. The zero-order chi connectivity index (χ0) is 20.2. The van der Waals surface area contributed by atoms with Gasteiger partial charge in [-0.3, -0.25) is 4.79 Å². The number of carbonyl (C=O) groups excluding carboxylic acids is 2. The highest BCUT2D eigenvalue weighted by Crippen LogP contribution is 2.38. The molecule has 0 aromatic heterocycles. The van der Waals surface area contributed by atoms with E-state index in [-0.39, 0.29) is 5.78 Å². The van der Waals surface area contributed by atoms with Gasteiger partial charge in [0.15, 0.2) is 5.78 Å². The first kappa shape index (κ1) is 18.6. The highest BCUT2D eigenvalue weighted by atomic mass is 16.1. The Kier molecular flexibility index (Phi) is 5.21. The van der Waals surface area contributed by atoms with Gasteiger partial charge in [-0.2, -0.15) is 0 Å². The Bertz CT molecular complexity index is 1110. The molecule has 1 unspecified atom stereocenters. The molecule has 1 heterocycles. The Hall–Kier alpha value is -3.72. The lowest BCUT2D eigenvalue weighted by Crippen LogP contribution is -2.32. The molecule has 3 aromatic carbocycles. The lowest BCUT2D eigenvalue weighted by atomic mass is 9.83. The number of aldehydes is 1. The topological polar surface area (TPSA) is 46.2 Å². The van der Waals surface area contributed by atoms with Crippen LogP contribution in [0.3, 0.4) is 0 Å². The first-order chi connectivity index (χ1) is 14.2. The SMILES string of the molecule is Cc1ccc2c(c1)C(c1ccccc1)=C(C(=O)/C=C/c1ccccc1)C(C=O)N2. The van der Waals surface area contributed by atoms with Gasteiger partial charge < -0.3 is 10.1 Å². The van der Waals surface area contributed by atoms with Crippen molar-refractivity contribution < 1.29 is 9.59 Å². The van der Waals surface area contributed by atoms with Gasteiger partial charge in [-0.25, -0.2) is 0 Å². The third-order valence-corrected chi connectivity index (χ3v) is 5.03. The number of rotatable bonds is 5. The van der Waals surface area contributed by atoms with E-state index in [4.69, 9.17) is 0 Å². The largest absolute Gasteiger partial charge is 0.371 e. The van der Waals surface area contributed by atoms with Gasteiger partial charge in [0.25, 0.3) is 0 Å². The standard InChI is InChI=1S/C26H21NO2/c1-18-12-14-22-21(16-18)25(20-10-6-3-7-11-20)26(23(17-28)27-22)24(29)15-13-19-8-4-2-5-9-19/h2-17,23,27H,1H3/b15-13+. The molecule has 0 amide bonds. The summed E-state index contributed by atoms with van der Waals surface area (Å²) in [4.78, 5) is 25.2. The lowest BCUT2D eigenvalue weighted by molar-refractivity contribution is -0.113. The highest BCUT2D eigenvalue weighted by Gasteiger charge is 2.30. The molecule has 29 heavy (non-hydrogen) atoms. The van der Waals surface area contributed by atoms with Gasteiger partial charge in [0.2, 0.25) is 0 Å². The van der Waals surface area contributed by atoms with Crippen LogP contribution in [0.5, 0.6) is 0 Å². The molecule has 3 nitrogen and oxygen atoms in total. The summed E-state index contributed by atoms with van der Waals surface area (Å²) in [7, 11) is 0. The van der Waals surface area contributed by atoms with Crippen molar-refractivity contribution >= 4 is 29.4 Å². The molecule has 1 aliphatic heterocycles. The molecule has 3 aromatic rings. The average Bonchev–Trinajstić information content (AvgIpc) is 2.77. The smallest absolute Gasteiger partial charge is 0.185 e. The van der Waals surface area contributed by atoms with E-state index in [1.807, 2.05) is 79.7 Å². The normalized spacial score (nSPS) is 15.7. The first-order valence-corrected chi connectivity index (χ1v) is 9.57. The van der Waals surface area contributed by atoms with E-state index < -0.39 is 6.04 Å². The van der Waals surface area contributed by atoms with Gasteiger partial charge in [0, 0.05) is 22.4 Å². The van der Waals surface area contributed by atoms with Crippen molar-refractivity contribution in [2.24, 2.45) is 0 Å². The number of allylic oxidation sites excluding steroid dienone is 1. The second kappa shape index (κ2) is 8.11. The summed E-state index contributed by atoms with van der Waals surface area (Å²) in [5, 5.41) is 3.22. The second-order valence-corrected chi connectivity index (χ2v) is 7.07. The van der Waals surface area contributed by atoms with Gasteiger partial charge in [-0.1, -0.05) is 78.4 Å². The molecule has 3 heteroatoms. The summed E-state index contributed by atoms with van der Waals surface area (Å²) < 4.78 is 0. The summed E-state index contributed by atoms with van der Waals surface area (Å²) in [5.41, 5.74) is 6.02. The second-order valence-electron chi connectivity index (χ2n) is 7.07. The van der Waals surface area contributed by atoms with E-state index in [1.54, 1.807) is 12.2 Å². The van der Waals surface area contributed by atoms with Crippen molar-refractivity contribution in [3.05, 3.63) is 113 Å². The molecule has 1 aliphatic rings. The minimum absolute atomic E-state index is 0.176. The summed E-state index contributed by atoms with van der Waals surface area (Å²) in [5.74, 6) is -0.176. The Morgan fingerprint density at radius 1 is 0.931 bits per heavy atom. The monoisotopic (exact) mass is 379 g/mol. The molecule has 4 rings (SSSR count). The lowest BCUT2D eigenvalue weighted by Gasteiger charge is -2.29. The zero-order valence-electron chi connectivity index (χ0n) is 16.1. The number of benzene rings is 3. The van der Waals surface area contributed by atoms with Crippen LogP contribution < -0.4 is 5.32 Å². The summed E-state index contributed by atoms with van der Waals surface area (Å²) in [6.07, 6.45) is 4.13. The molecule has 0 aliphatic carbocycles. The zero-order valence-corrected chi connectivity index (χ0v) is 16.1. The Morgan fingerprint density at radius 2 is 1.62 bits per heavy atom. The molecule has 0 radical (unpaired) electrons. The Balaban J connectivity index is 1.90. The molecule has 0 bridgehead atoms. The van der Waals surface area contributed by atoms with Crippen molar-refractivity contribution in [1.82, 2.24) is 0 Å². The number of anilines is 1. The van der Waals surface area contributed by atoms with Gasteiger partial charge >= 0.3 is 0 Å². The number of carbonyl (C=O) groups is 2. The fourth-order valence-electron chi connectivity index (χ4n) is 3.65. The van der Waals surface area contributed by atoms with Crippen molar-refractivity contribution in [2.75, 3.05) is 5.32 Å². The minimum Gasteiger partial charge on any atom is -0.371 e. The number of hydrogen-bond acceptors (Lipinski definition) is 3. The van der Waals surface area contributed by atoms with Crippen LogP contribution in [0.25, 0.3) is 11.6 Å². The van der Waals surface area contributed by atoms with Gasteiger partial charge in [0.1, 0.15) is 12.3 Å². The average molecular weight is 379 g/mol. The van der Waals surface area contributed by atoms with Gasteiger partial charge in [0.05, 0.1) is 0 Å². The van der Waals surface area contributed by atoms with Crippen molar-refractivity contribution in [3.63, 3.8) is 0 Å². The first-order valence-electron chi connectivity index (χ1n) is 9.57. The summed E-state index contributed by atoms with van der Waals surface area (Å²) in [6.45, 7) is 2.02. The van der Waals surface area contributed by atoms with E-state index in [1.165, 1.54) is 0 Å². The summed E-state index contributed by atoms with van der Waals surface area (Å²) >= 11 is 0. The van der Waals surface area contributed by atoms with Crippen LogP contribution in [0.1, 0.15) is 22.3 Å².